The Bertz CT molecular complexity index is 438. The molecule has 1 heterocycles. The third-order valence-electron chi connectivity index (χ3n) is 3.34. The molecule has 16 heavy (non-hydrogen) atoms. The van der Waals surface area contributed by atoms with E-state index in [1.54, 1.807) is 8.46 Å². The SMILES string of the molecule is Cc1c(C)[c]([Ru][C]2=CC=CCC2)n(C)c1C. The Morgan fingerprint density at radius 3 is 2.44 bits per heavy atom. The van der Waals surface area contributed by atoms with Crippen LogP contribution in [0, 0.1) is 20.8 Å². The van der Waals surface area contributed by atoms with Gasteiger partial charge in [-0.3, -0.25) is 0 Å². The molecular formula is C14H19NRu. The summed E-state index contributed by atoms with van der Waals surface area (Å²) in [6, 6.07) is 0. The second-order valence-electron chi connectivity index (χ2n) is 4.33. The Kier molecular flexibility index (Phi) is 3.49. The third-order valence-corrected chi connectivity index (χ3v) is 6.27. The van der Waals surface area contributed by atoms with Crippen LogP contribution in [0.3, 0.4) is 0 Å². The average Bonchev–Trinajstić information content (AvgIpc) is 2.48. The van der Waals surface area contributed by atoms with Gasteiger partial charge in [0.1, 0.15) is 0 Å². The van der Waals surface area contributed by atoms with Gasteiger partial charge in [-0.05, 0) is 0 Å². The Hall–Kier alpha value is -0.617. The predicted octanol–water partition coefficient (Wildman–Crippen LogP) is 2.89. The molecular weight excluding hydrogens is 283 g/mol. The minimum absolute atomic E-state index is 0.234. The number of rotatable bonds is 2. The van der Waals surface area contributed by atoms with Crippen molar-refractivity contribution in [2.75, 3.05) is 0 Å². The minimum atomic E-state index is 0.234. The van der Waals surface area contributed by atoms with Crippen LogP contribution >= 0.6 is 0 Å². The maximum absolute atomic E-state index is 2.39. The topological polar surface area (TPSA) is 4.93 Å². The molecule has 0 unspecified atom stereocenters. The molecule has 0 saturated carbocycles. The predicted molar refractivity (Wildman–Crippen MR) is 65.7 cm³/mol. The molecule has 1 nitrogen and oxygen atoms in total. The van der Waals surface area contributed by atoms with E-state index in [0.29, 0.717) is 0 Å². The van der Waals surface area contributed by atoms with Crippen LogP contribution in [0.4, 0.5) is 0 Å². The summed E-state index contributed by atoms with van der Waals surface area (Å²) in [4.78, 5) is 0. The van der Waals surface area contributed by atoms with Gasteiger partial charge in [-0.25, -0.2) is 0 Å². The molecule has 2 heteroatoms. The summed E-state index contributed by atoms with van der Waals surface area (Å²) in [5, 5.41) is 0. The van der Waals surface area contributed by atoms with Gasteiger partial charge in [0.2, 0.25) is 0 Å². The second-order valence-corrected chi connectivity index (χ2v) is 6.70. The van der Waals surface area contributed by atoms with Gasteiger partial charge in [0.15, 0.2) is 0 Å². The molecule has 88 valence electrons. The number of allylic oxidation sites excluding steroid dienone is 4. The molecule has 0 fully saturated rings. The molecule has 0 aliphatic heterocycles. The first kappa shape index (κ1) is 11.9. The van der Waals surface area contributed by atoms with Gasteiger partial charge in [-0.15, -0.1) is 0 Å². The molecule has 1 aromatic rings. The van der Waals surface area contributed by atoms with Crippen LogP contribution in [-0.4, -0.2) is 4.57 Å². The van der Waals surface area contributed by atoms with E-state index in [-0.39, 0.29) is 17.1 Å². The normalized spacial score (nSPS) is 15.6. The number of nitrogens with zero attached hydrogens (tertiary/aromatic N) is 1. The maximum atomic E-state index is 2.39. The van der Waals surface area contributed by atoms with Crippen molar-refractivity contribution >= 4 is 4.29 Å². The van der Waals surface area contributed by atoms with Crippen molar-refractivity contribution < 1.29 is 17.1 Å². The zero-order valence-corrected chi connectivity index (χ0v) is 12.2. The van der Waals surface area contributed by atoms with E-state index >= 15 is 0 Å². The number of aromatic nitrogens is 1. The second kappa shape index (κ2) is 4.71. The summed E-state index contributed by atoms with van der Waals surface area (Å²) in [5.41, 5.74) is 4.40. The van der Waals surface area contributed by atoms with Crippen molar-refractivity contribution in [2.45, 2.75) is 33.6 Å². The molecule has 1 aliphatic carbocycles. The van der Waals surface area contributed by atoms with Crippen molar-refractivity contribution in [3.05, 3.63) is 39.2 Å². The van der Waals surface area contributed by atoms with Crippen molar-refractivity contribution in [1.29, 1.82) is 0 Å². The number of hydrogen-bond donors (Lipinski definition) is 0. The molecule has 0 aromatic carbocycles. The zero-order valence-electron chi connectivity index (χ0n) is 10.4. The van der Waals surface area contributed by atoms with E-state index in [2.05, 4.69) is 50.6 Å². The van der Waals surface area contributed by atoms with E-state index in [4.69, 9.17) is 0 Å². The van der Waals surface area contributed by atoms with E-state index in [1.807, 2.05) is 0 Å². The molecule has 1 aromatic heterocycles. The van der Waals surface area contributed by atoms with Crippen molar-refractivity contribution in [3.8, 4) is 0 Å². The first-order valence-corrected chi connectivity index (χ1v) is 7.45. The molecule has 0 saturated heterocycles. The van der Waals surface area contributed by atoms with Gasteiger partial charge in [0.25, 0.3) is 0 Å². The quantitative estimate of drug-likeness (QED) is 0.740. The Morgan fingerprint density at radius 2 is 1.94 bits per heavy atom. The van der Waals surface area contributed by atoms with E-state index in [0.717, 1.165) is 0 Å². The van der Waals surface area contributed by atoms with Crippen LogP contribution in [0.2, 0.25) is 0 Å². The van der Waals surface area contributed by atoms with Crippen LogP contribution in [0.5, 0.6) is 0 Å². The Labute approximate surface area is 106 Å². The summed E-state index contributed by atoms with van der Waals surface area (Å²) >= 11 is 0.234. The standard InChI is InChI=1S/C8H12N.C6H7.Ru/c1-6-5-9(4)8(3)7(6)2;1-2-4-6-5-3-1;/h1-4H3;1-3H,4,6H2;. The van der Waals surface area contributed by atoms with Crippen LogP contribution in [0.15, 0.2) is 22.4 Å². The molecule has 0 amide bonds. The Morgan fingerprint density at radius 1 is 1.19 bits per heavy atom. The van der Waals surface area contributed by atoms with Crippen LogP contribution in [0.25, 0.3) is 0 Å². The summed E-state index contributed by atoms with van der Waals surface area (Å²) in [7, 11) is 2.21. The monoisotopic (exact) mass is 303 g/mol. The van der Waals surface area contributed by atoms with Gasteiger partial charge in [-0.1, -0.05) is 0 Å². The average molecular weight is 302 g/mol. The summed E-state index contributed by atoms with van der Waals surface area (Å²) in [6.07, 6.45) is 9.28. The molecule has 0 bridgehead atoms. The summed E-state index contributed by atoms with van der Waals surface area (Å²) in [6.45, 7) is 6.73. The first-order chi connectivity index (χ1) is 7.61. The van der Waals surface area contributed by atoms with Crippen molar-refractivity contribution in [2.24, 2.45) is 7.05 Å². The molecule has 0 radical (unpaired) electrons. The van der Waals surface area contributed by atoms with Crippen LogP contribution < -0.4 is 4.29 Å². The molecule has 1 aliphatic rings. The van der Waals surface area contributed by atoms with Gasteiger partial charge < -0.3 is 0 Å². The molecule has 0 N–H and O–H groups in total. The third kappa shape index (κ3) is 2.08. The first-order valence-electron chi connectivity index (χ1n) is 5.72. The summed E-state index contributed by atoms with van der Waals surface area (Å²) in [5.74, 6) is 0. The molecule has 0 atom stereocenters. The molecule has 0 spiro atoms. The fourth-order valence-corrected chi connectivity index (χ4v) is 4.49. The van der Waals surface area contributed by atoms with E-state index < -0.39 is 0 Å². The Balaban J connectivity index is 2.31. The zero-order chi connectivity index (χ0) is 11.7. The van der Waals surface area contributed by atoms with Gasteiger partial charge in [0, 0.05) is 0 Å². The van der Waals surface area contributed by atoms with E-state index in [1.165, 1.54) is 29.7 Å². The van der Waals surface area contributed by atoms with Crippen molar-refractivity contribution in [1.82, 2.24) is 4.57 Å². The fraction of sp³-hybridized carbons (Fsp3) is 0.429. The van der Waals surface area contributed by atoms with Crippen LogP contribution in [0.1, 0.15) is 29.7 Å². The van der Waals surface area contributed by atoms with E-state index in [9.17, 15) is 0 Å². The van der Waals surface area contributed by atoms with Gasteiger partial charge >= 0.3 is 106 Å². The van der Waals surface area contributed by atoms with Gasteiger partial charge in [0.05, 0.1) is 0 Å². The van der Waals surface area contributed by atoms with Crippen molar-refractivity contribution in [3.63, 3.8) is 0 Å². The van der Waals surface area contributed by atoms with Crippen LogP contribution in [-0.2, 0) is 24.2 Å². The number of hydrogen-bond acceptors (Lipinski definition) is 0. The summed E-state index contributed by atoms with van der Waals surface area (Å²) < 4.78 is 5.62. The van der Waals surface area contributed by atoms with Gasteiger partial charge in [-0.2, -0.15) is 0 Å². The molecule has 2 rings (SSSR count). The fourth-order valence-electron chi connectivity index (χ4n) is 1.94.